The molecule has 0 bridgehead atoms. The molecule has 0 saturated carbocycles. The number of aromatic nitrogens is 2. The number of hydrogen-bond acceptors (Lipinski definition) is 3. The summed E-state index contributed by atoms with van der Waals surface area (Å²) in [7, 11) is 0. The van der Waals surface area contributed by atoms with Gasteiger partial charge in [-0.05, 0) is 36.4 Å². The van der Waals surface area contributed by atoms with Crippen LogP contribution in [0.2, 0.25) is 0 Å². The van der Waals surface area contributed by atoms with Crippen molar-refractivity contribution in [3.63, 3.8) is 0 Å². The second-order valence-electron chi connectivity index (χ2n) is 3.85. The third-order valence-corrected chi connectivity index (χ3v) is 2.72. The highest BCUT2D eigenvalue weighted by molar-refractivity contribution is 5.83. The molecule has 1 heterocycles. The molecule has 0 aliphatic carbocycles. The molecule has 3 rings (SSSR count). The number of phenolic OH excluding ortho intramolecular Hbond substituents is 1. The summed E-state index contributed by atoms with van der Waals surface area (Å²) in [4.78, 5) is 4.25. The van der Waals surface area contributed by atoms with Gasteiger partial charge in [0.15, 0.2) is 0 Å². The summed E-state index contributed by atoms with van der Waals surface area (Å²) >= 11 is 0. The van der Waals surface area contributed by atoms with Crippen molar-refractivity contribution in [3.05, 3.63) is 48.8 Å². The Bertz CT molecular complexity index is 671. The standard InChI is InChI=1S/C13H11N3O/c14-9-4-6-10(7-5-9)16-8-15-11-2-1-3-12(17)13(11)16/h1-8,17H,14H2. The van der Waals surface area contributed by atoms with Crippen LogP contribution in [0, 0.1) is 0 Å². The summed E-state index contributed by atoms with van der Waals surface area (Å²) in [6.07, 6.45) is 1.69. The fraction of sp³-hybridized carbons (Fsp3) is 0. The monoisotopic (exact) mass is 225 g/mol. The summed E-state index contributed by atoms with van der Waals surface area (Å²) in [5.41, 5.74) is 8.75. The Labute approximate surface area is 97.9 Å². The van der Waals surface area contributed by atoms with Crippen LogP contribution in [0.5, 0.6) is 5.75 Å². The number of imidazole rings is 1. The molecule has 0 atom stereocenters. The third-order valence-electron chi connectivity index (χ3n) is 2.72. The van der Waals surface area contributed by atoms with Gasteiger partial charge < -0.3 is 10.8 Å². The number of fused-ring (bicyclic) bond motifs is 1. The number of nitrogens with zero attached hydrogens (tertiary/aromatic N) is 2. The van der Waals surface area contributed by atoms with E-state index in [0.29, 0.717) is 11.2 Å². The molecule has 0 unspecified atom stereocenters. The first-order valence-corrected chi connectivity index (χ1v) is 5.26. The van der Waals surface area contributed by atoms with Crippen molar-refractivity contribution in [2.75, 3.05) is 5.73 Å². The van der Waals surface area contributed by atoms with Crippen LogP contribution in [0.4, 0.5) is 5.69 Å². The molecule has 0 fully saturated rings. The number of aromatic hydroxyl groups is 1. The van der Waals surface area contributed by atoms with Gasteiger partial charge in [-0.3, -0.25) is 4.57 Å². The number of anilines is 1. The minimum absolute atomic E-state index is 0.219. The maximum Gasteiger partial charge on any atom is 0.141 e. The molecule has 4 heteroatoms. The molecular formula is C13H11N3O. The molecule has 0 saturated heterocycles. The Kier molecular flexibility index (Phi) is 2.01. The van der Waals surface area contributed by atoms with Gasteiger partial charge in [0.25, 0.3) is 0 Å². The van der Waals surface area contributed by atoms with Gasteiger partial charge in [0.1, 0.15) is 17.6 Å². The summed E-state index contributed by atoms with van der Waals surface area (Å²) in [6.45, 7) is 0. The largest absolute Gasteiger partial charge is 0.506 e. The maximum atomic E-state index is 9.87. The first-order valence-electron chi connectivity index (χ1n) is 5.26. The molecule has 3 N–H and O–H groups in total. The zero-order valence-electron chi connectivity index (χ0n) is 9.04. The second kappa shape index (κ2) is 3.52. The van der Waals surface area contributed by atoms with E-state index in [9.17, 15) is 5.11 Å². The highest BCUT2D eigenvalue weighted by Gasteiger charge is 2.07. The summed E-state index contributed by atoms with van der Waals surface area (Å²) < 4.78 is 1.84. The van der Waals surface area contributed by atoms with Crippen LogP contribution in [-0.2, 0) is 0 Å². The van der Waals surface area contributed by atoms with E-state index in [1.54, 1.807) is 18.5 Å². The molecule has 0 aliphatic heterocycles. The minimum atomic E-state index is 0.219. The molecule has 0 spiro atoms. The molecule has 4 nitrogen and oxygen atoms in total. The lowest BCUT2D eigenvalue weighted by molar-refractivity contribution is 0.479. The van der Waals surface area contributed by atoms with Crippen LogP contribution < -0.4 is 5.73 Å². The van der Waals surface area contributed by atoms with E-state index >= 15 is 0 Å². The number of hydrogen-bond donors (Lipinski definition) is 2. The second-order valence-corrected chi connectivity index (χ2v) is 3.85. The van der Waals surface area contributed by atoms with E-state index in [1.807, 2.05) is 34.9 Å². The highest BCUT2D eigenvalue weighted by Crippen LogP contribution is 2.26. The van der Waals surface area contributed by atoms with Gasteiger partial charge in [0.05, 0.1) is 5.52 Å². The van der Waals surface area contributed by atoms with Crippen LogP contribution in [0.1, 0.15) is 0 Å². The highest BCUT2D eigenvalue weighted by atomic mass is 16.3. The topological polar surface area (TPSA) is 64.1 Å². The summed E-state index contributed by atoms with van der Waals surface area (Å²) in [5.74, 6) is 0.219. The number of nitrogen functional groups attached to an aromatic ring is 1. The van der Waals surface area contributed by atoms with Gasteiger partial charge in [-0.25, -0.2) is 4.98 Å². The van der Waals surface area contributed by atoms with E-state index in [-0.39, 0.29) is 5.75 Å². The zero-order valence-corrected chi connectivity index (χ0v) is 9.04. The van der Waals surface area contributed by atoms with Crippen molar-refractivity contribution < 1.29 is 5.11 Å². The fourth-order valence-corrected chi connectivity index (χ4v) is 1.88. The van der Waals surface area contributed by atoms with Gasteiger partial charge in [-0.2, -0.15) is 0 Å². The van der Waals surface area contributed by atoms with Crippen molar-refractivity contribution in [2.45, 2.75) is 0 Å². The molecule has 1 aromatic heterocycles. The van der Waals surface area contributed by atoms with E-state index in [1.165, 1.54) is 0 Å². The molecule has 3 aromatic rings. The van der Waals surface area contributed by atoms with Gasteiger partial charge in [0.2, 0.25) is 0 Å². The molecular weight excluding hydrogens is 214 g/mol. The van der Waals surface area contributed by atoms with Crippen LogP contribution in [0.3, 0.4) is 0 Å². The molecule has 2 aromatic carbocycles. The fourth-order valence-electron chi connectivity index (χ4n) is 1.88. The first kappa shape index (κ1) is 9.72. The number of benzene rings is 2. The van der Waals surface area contributed by atoms with Crippen molar-refractivity contribution in [1.29, 1.82) is 0 Å². The van der Waals surface area contributed by atoms with Gasteiger partial charge in [0, 0.05) is 11.4 Å². The summed E-state index contributed by atoms with van der Waals surface area (Å²) in [6, 6.07) is 12.7. The van der Waals surface area contributed by atoms with Crippen molar-refractivity contribution in [3.8, 4) is 11.4 Å². The number of phenols is 1. The van der Waals surface area contributed by atoms with E-state index < -0.39 is 0 Å². The number of rotatable bonds is 1. The Morgan fingerprint density at radius 1 is 1.06 bits per heavy atom. The van der Waals surface area contributed by atoms with Crippen molar-refractivity contribution >= 4 is 16.7 Å². The predicted octanol–water partition coefficient (Wildman–Crippen LogP) is 2.31. The smallest absolute Gasteiger partial charge is 0.141 e. The Balaban J connectivity index is 2.27. The average Bonchev–Trinajstić information content (AvgIpc) is 2.75. The quantitative estimate of drug-likeness (QED) is 0.624. The van der Waals surface area contributed by atoms with E-state index in [0.717, 1.165) is 11.2 Å². The normalized spacial score (nSPS) is 10.8. The van der Waals surface area contributed by atoms with Gasteiger partial charge in [-0.15, -0.1) is 0 Å². The zero-order chi connectivity index (χ0) is 11.8. The minimum Gasteiger partial charge on any atom is -0.506 e. The van der Waals surface area contributed by atoms with Crippen molar-refractivity contribution in [1.82, 2.24) is 9.55 Å². The van der Waals surface area contributed by atoms with E-state index in [2.05, 4.69) is 4.98 Å². The molecule has 17 heavy (non-hydrogen) atoms. The van der Waals surface area contributed by atoms with E-state index in [4.69, 9.17) is 5.73 Å². The maximum absolute atomic E-state index is 9.87. The third kappa shape index (κ3) is 1.50. The van der Waals surface area contributed by atoms with Crippen molar-refractivity contribution in [2.24, 2.45) is 0 Å². The summed E-state index contributed by atoms with van der Waals surface area (Å²) in [5, 5.41) is 9.87. The molecule has 84 valence electrons. The Morgan fingerprint density at radius 3 is 2.59 bits per heavy atom. The van der Waals surface area contributed by atoms with Gasteiger partial charge >= 0.3 is 0 Å². The lowest BCUT2D eigenvalue weighted by Gasteiger charge is -2.05. The molecule has 0 aliphatic rings. The molecule has 0 radical (unpaired) electrons. The lowest BCUT2D eigenvalue weighted by atomic mass is 10.2. The van der Waals surface area contributed by atoms with Crippen LogP contribution in [-0.4, -0.2) is 14.7 Å². The average molecular weight is 225 g/mol. The molecule has 0 amide bonds. The van der Waals surface area contributed by atoms with Gasteiger partial charge in [-0.1, -0.05) is 6.07 Å². The Morgan fingerprint density at radius 2 is 1.82 bits per heavy atom. The lowest BCUT2D eigenvalue weighted by Crippen LogP contribution is -1.93. The number of nitrogens with two attached hydrogens (primary N) is 1. The van der Waals surface area contributed by atoms with Crippen LogP contribution in [0.15, 0.2) is 48.8 Å². The first-order chi connectivity index (χ1) is 8.25. The predicted molar refractivity (Wildman–Crippen MR) is 67.1 cm³/mol. The van der Waals surface area contributed by atoms with Crippen LogP contribution in [0.25, 0.3) is 16.7 Å². The number of para-hydroxylation sites is 1. The SMILES string of the molecule is Nc1ccc(-n2cnc3cccc(O)c32)cc1. The Hall–Kier alpha value is -2.49. The van der Waals surface area contributed by atoms with Crippen LogP contribution >= 0.6 is 0 Å².